The molecule has 0 saturated carbocycles. The van der Waals surface area contributed by atoms with Crippen LogP contribution in [0, 0.1) is 0 Å². The van der Waals surface area contributed by atoms with E-state index in [1.807, 2.05) is 0 Å². The van der Waals surface area contributed by atoms with E-state index in [2.05, 4.69) is 71.2 Å². The van der Waals surface area contributed by atoms with E-state index in [1.54, 1.807) is 0 Å². The van der Waals surface area contributed by atoms with E-state index in [9.17, 15) is 0 Å². The Kier molecular flexibility index (Phi) is 3.91. The quantitative estimate of drug-likeness (QED) is 0.902. The normalized spacial score (nSPS) is 24.8. The monoisotopic (exact) mass is 296 g/mol. The molecule has 1 unspecified atom stereocenters. The molecule has 2 nitrogen and oxygen atoms in total. The fraction of sp³-hybridized carbons (Fsp3) is 0.571. The van der Waals surface area contributed by atoms with Crippen molar-refractivity contribution in [2.24, 2.45) is 0 Å². The van der Waals surface area contributed by atoms with E-state index >= 15 is 0 Å². The Hall–Kier alpha value is -0.380. The molecule has 0 aliphatic carbocycles. The molecule has 1 aromatic rings. The van der Waals surface area contributed by atoms with Crippen molar-refractivity contribution in [1.82, 2.24) is 10.2 Å². The first kappa shape index (κ1) is 13.1. The summed E-state index contributed by atoms with van der Waals surface area (Å²) >= 11 is 3.54. The summed E-state index contributed by atoms with van der Waals surface area (Å²) in [6, 6.07) is 9.18. The third kappa shape index (κ3) is 3.30. The van der Waals surface area contributed by atoms with Crippen molar-refractivity contribution < 1.29 is 0 Å². The van der Waals surface area contributed by atoms with Gasteiger partial charge in [0, 0.05) is 35.7 Å². The van der Waals surface area contributed by atoms with Crippen molar-refractivity contribution in [3.63, 3.8) is 0 Å². The summed E-state index contributed by atoms with van der Waals surface area (Å²) in [6.45, 7) is 10.1. The van der Waals surface area contributed by atoms with Gasteiger partial charge in [-0.05, 0) is 38.5 Å². The molecule has 2 rings (SSSR count). The number of hydrogen-bond donors (Lipinski definition) is 1. The van der Waals surface area contributed by atoms with Gasteiger partial charge in [-0.1, -0.05) is 28.1 Å². The Bertz CT molecular complexity index is 390. The van der Waals surface area contributed by atoms with Crippen LogP contribution in [0.25, 0.3) is 0 Å². The molecule has 0 aromatic heterocycles. The van der Waals surface area contributed by atoms with Crippen LogP contribution in [-0.4, -0.2) is 29.6 Å². The predicted octanol–water partition coefficient (Wildman–Crippen LogP) is 3.02. The summed E-state index contributed by atoms with van der Waals surface area (Å²) in [5.74, 6) is 0. The third-order valence-electron chi connectivity index (χ3n) is 3.50. The minimum atomic E-state index is 0.231. The fourth-order valence-corrected chi connectivity index (χ4v) is 2.76. The summed E-state index contributed by atoms with van der Waals surface area (Å²) < 4.78 is 1.16. The first-order valence-corrected chi connectivity index (χ1v) is 6.99. The zero-order chi connectivity index (χ0) is 12.5. The Balaban J connectivity index is 2.11. The van der Waals surface area contributed by atoms with E-state index in [0.717, 1.165) is 24.1 Å². The van der Waals surface area contributed by atoms with E-state index in [-0.39, 0.29) is 5.54 Å². The summed E-state index contributed by atoms with van der Waals surface area (Å²) in [7, 11) is 0. The highest BCUT2D eigenvalue weighted by molar-refractivity contribution is 9.10. The maximum atomic E-state index is 3.55. The Morgan fingerprint density at radius 3 is 2.94 bits per heavy atom. The van der Waals surface area contributed by atoms with Gasteiger partial charge in [-0.25, -0.2) is 0 Å². The maximum absolute atomic E-state index is 3.55. The molecule has 17 heavy (non-hydrogen) atoms. The minimum Gasteiger partial charge on any atom is -0.311 e. The van der Waals surface area contributed by atoms with Gasteiger partial charge in [0.2, 0.25) is 0 Å². The summed E-state index contributed by atoms with van der Waals surface area (Å²) in [5, 5.41) is 3.55. The van der Waals surface area contributed by atoms with E-state index in [0.29, 0.717) is 6.04 Å². The lowest BCUT2D eigenvalue weighted by molar-refractivity contribution is 0.0626. The molecule has 0 bridgehead atoms. The smallest absolute Gasteiger partial charge is 0.0281 e. The number of nitrogens with one attached hydrogen (secondary N) is 1. The van der Waals surface area contributed by atoms with Gasteiger partial charge in [-0.15, -0.1) is 0 Å². The van der Waals surface area contributed by atoms with Crippen LogP contribution in [0.15, 0.2) is 28.7 Å². The van der Waals surface area contributed by atoms with Crippen LogP contribution < -0.4 is 5.32 Å². The third-order valence-corrected chi connectivity index (χ3v) is 3.99. The van der Waals surface area contributed by atoms with Gasteiger partial charge in [0.15, 0.2) is 0 Å². The van der Waals surface area contributed by atoms with Gasteiger partial charge in [0.25, 0.3) is 0 Å². The number of rotatable bonds is 2. The highest BCUT2D eigenvalue weighted by atomic mass is 79.9. The second-order valence-corrected chi connectivity index (χ2v) is 6.52. The Labute approximate surface area is 113 Å². The van der Waals surface area contributed by atoms with Gasteiger partial charge < -0.3 is 5.32 Å². The highest BCUT2D eigenvalue weighted by Crippen LogP contribution is 2.22. The predicted molar refractivity (Wildman–Crippen MR) is 76.1 cm³/mol. The van der Waals surface area contributed by atoms with Crippen LogP contribution in [0.3, 0.4) is 0 Å². The largest absolute Gasteiger partial charge is 0.311 e. The topological polar surface area (TPSA) is 15.3 Å². The molecule has 1 aliphatic rings. The first-order valence-electron chi connectivity index (χ1n) is 6.20. The molecule has 3 heteroatoms. The molecular weight excluding hydrogens is 276 g/mol. The van der Waals surface area contributed by atoms with Crippen molar-refractivity contribution in [1.29, 1.82) is 0 Å². The summed E-state index contributed by atoms with van der Waals surface area (Å²) in [4.78, 5) is 2.57. The summed E-state index contributed by atoms with van der Waals surface area (Å²) in [6.07, 6.45) is 0. The Morgan fingerprint density at radius 2 is 2.24 bits per heavy atom. The number of nitrogens with zero attached hydrogens (tertiary/aromatic N) is 1. The van der Waals surface area contributed by atoms with Gasteiger partial charge >= 0.3 is 0 Å². The number of piperazine rings is 1. The SMILES string of the molecule is CC1CN(Cc2cccc(Br)c2)C(C)(C)CN1. The Morgan fingerprint density at radius 1 is 1.47 bits per heavy atom. The zero-order valence-electron chi connectivity index (χ0n) is 10.8. The molecule has 1 aromatic carbocycles. The molecule has 94 valence electrons. The van der Waals surface area contributed by atoms with Gasteiger partial charge in [-0.3, -0.25) is 4.90 Å². The standard InChI is InChI=1S/C14H21BrN2/c1-11-8-17(14(2,3)10-16-11)9-12-5-4-6-13(15)7-12/h4-7,11,16H,8-10H2,1-3H3. The van der Waals surface area contributed by atoms with Crippen LogP contribution in [-0.2, 0) is 6.54 Å². The van der Waals surface area contributed by atoms with E-state index in [1.165, 1.54) is 5.56 Å². The van der Waals surface area contributed by atoms with Crippen molar-refractivity contribution in [2.75, 3.05) is 13.1 Å². The second kappa shape index (κ2) is 5.09. The average Bonchev–Trinajstić information content (AvgIpc) is 2.24. The molecule has 1 aliphatic heterocycles. The summed E-state index contributed by atoms with van der Waals surface area (Å²) in [5.41, 5.74) is 1.61. The van der Waals surface area contributed by atoms with Crippen molar-refractivity contribution >= 4 is 15.9 Å². The van der Waals surface area contributed by atoms with Gasteiger partial charge in [0.1, 0.15) is 0 Å². The van der Waals surface area contributed by atoms with Crippen LogP contribution >= 0.6 is 15.9 Å². The molecule has 1 fully saturated rings. The van der Waals surface area contributed by atoms with Crippen molar-refractivity contribution in [3.05, 3.63) is 34.3 Å². The van der Waals surface area contributed by atoms with Crippen LogP contribution in [0.1, 0.15) is 26.3 Å². The number of hydrogen-bond acceptors (Lipinski definition) is 2. The van der Waals surface area contributed by atoms with E-state index < -0.39 is 0 Å². The molecule has 1 saturated heterocycles. The minimum absolute atomic E-state index is 0.231. The van der Waals surface area contributed by atoms with Gasteiger partial charge in [0.05, 0.1) is 0 Å². The second-order valence-electron chi connectivity index (χ2n) is 5.60. The molecular formula is C14H21BrN2. The zero-order valence-corrected chi connectivity index (χ0v) is 12.4. The lowest BCUT2D eigenvalue weighted by atomic mass is 9.97. The lowest BCUT2D eigenvalue weighted by Gasteiger charge is -2.45. The molecule has 0 radical (unpaired) electrons. The fourth-order valence-electron chi connectivity index (χ4n) is 2.31. The van der Waals surface area contributed by atoms with E-state index in [4.69, 9.17) is 0 Å². The molecule has 0 spiro atoms. The molecule has 1 atom stereocenters. The average molecular weight is 297 g/mol. The highest BCUT2D eigenvalue weighted by Gasteiger charge is 2.32. The molecule has 1 N–H and O–H groups in total. The number of halogens is 1. The van der Waals surface area contributed by atoms with Crippen LogP contribution in [0.2, 0.25) is 0 Å². The lowest BCUT2D eigenvalue weighted by Crippen LogP contribution is -2.60. The van der Waals surface area contributed by atoms with Crippen molar-refractivity contribution in [2.45, 2.75) is 38.9 Å². The molecule has 1 heterocycles. The number of benzene rings is 1. The maximum Gasteiger partial charge on any atom is 0.0281 e. The van der Waals surface area contributed by atoms with Crippen molar-refractivity contribution in [3.8, 4) is 0 Å². The van der Waals surface area contributed by atoms with Crippen LogP contribution in [0.4, 0.5) is 0 Å². The van der Waals surface area contributed by atoms with Crippen LogP contribution in [0.5, 0.6) is 0 Å². The van der Waals surface area contributed by atoms with Gasteiger partial charge in [-0.2, -0.15) is 0 Å². The first-order chi connectivity index (χ1) is 7.97. The molecule has 0 amide bonds.